The van der Waals surface area contributed by atoms with Crippen LogP contribution >= 0.6 is 0 Å². The van der Waals surface area contributed by atoms with Gasteiger partial charge in [0.2, 0.25) is 0 Å². The van der Waals surface area contributed by atoms with Crippen LogP contribution in [0.1, 0.15) is 10.4 Å². The molecule has 3 rings (SSSR count). The minimum Gasteiger partial charge on any atom is -0.454 e. The van der Waals surface area contributed by atoms with Gasteiger partial charge in [-0.1, -0.05) is 30.3 Å². The van der Waals surface area contributed by atoms with Crippen molar-refractivity contribution in [1.82, 2.24) is 0 Å². The Morgan fingerprint density at radius 1 is 0.739 bits per heavy atom. The standard InChI is InChI=1S/C19H13FO3/c20-17-8-4-5-9-18(17)22-15-10-12-16(13-11-15)23-19(21)14-6-2-1-3-7-14/h1-13H. The highest BCUT2D eigenvalue weighted by molar-refractivity contribution is 5.90. The van der Waals surface area contributed by atoms with Gasteiger partial charge in [0.25, 0.3) is 0 Å². The van der Waals surface area contributed by atoms with E-state index in [1.165, 1.54) is 6.07 Å². The number of rotatable bonds is 4. The average Bonchev–Trinajstić information content (AvgIpc) is 2.59. The molecule has 0 aromatic heterocycles. The molecule has 0 saturated heterocycles. The van der Waals surface area contributed by atoms with E-state index < -0.39 is 11.8 Å². The zero-order valence-corrected chi connectivity index (χ0v) is 12.1. The SMILES string of the molecule is O=C(Oc1ccc(Oc2ccccc2F)cc1)c1ccccc1. The molecule has 3 aromatic carbocycles. The monoisotopic (exact) mass is 308 g/mol. The number of hydrogen-bond acceptors (Lipinski definition) is 3. The summed E-state index contributed by atoms with van der Waals surface area (Å²) in [6.45, 7) is 0. The number of para-hydroxylation sites is 1. The third-order valence-corrected chi connectivity index (χ3v) is 3.11. The van der Waals surface area contributed by atoms with Crippen molar-refractivity contribution in [1.29, 1.82) is 0 Å². The van der Waals surface area contributed by atoms with Gasteiger partial charge in [0.1, 0.15) is 11.5 Å². The molecule has 0 unspecified atom stereocenters. The second-order valence-corrected chi connectivity index (χ2v) is 4.76. The normalized spacial score (nSPS) is 10.1. The molecule has 0 radical (unpaired) electrons. The average molecular weight is 308 g/mol. The third kappa shape index (κ3) is 3.74. The van der Waals surface area contributed by atoms with Crippen LogP contribution in [-0.2, 0) is 0 Å². The van der Waals surface area contributed by atoms with Crippen LogP contribution in [0.15, 0.2) is 78.9 Å². The molecule has 0 N–H and O–H groups in total. The number of carbonyl (C=O) groups is 1. The topological polar surface area (TPSA) is 35.5 Å². The predicted octanol–water partition coefficient (Wildman–Crippen LogP) is 4.84. The number of halogens is 1. The molecule has 3 nitrogen and oxygen atoms in total. The summed E-state index contributed by atoms with van der Waals surface area (Å²) < 4.78 is 24.2. The van der Waals surface area contributed by atoms with Crippen molar-refractivity contribution in [3.05, 3.63) is 90.2 Å². The largest absolute Gasteiger partial charge is 0.454 e. The zero-order valence-electron chi connectivity index (χ0n) is 12.1. The van der Waals surface area contributed by atoms with Crippen molar-refractivity contribution in [3.8, 4) is 17.2 Å². The molecule has 0 atom stereocenters. The first-order valence-electron chi connectivity index (χ1n) is 7.02. The third-order valence-electron chi connectivity index (χ3n) is 3.11. The van der Waals surface area contributed by atoms with Crippen molar-refractivity contribution < 1.29 is 18.7 Å². The molecule has 0 aliphatic heterocycles. The van der Waals surface area contributed by atoms with Crippen molar-refractivity contribution >= 4 is 5.97 Å². The molecular formula is C19H13FO3. The number of benzene rings is 3. The number of ether oxygens (including phenoxy) is 2. The Bertz CT molecular complexity index is 798. The minimum atomic E-state index is -0.438. The summed E-state index contributed by atoms with van der Waals surface area (Å²) in [6.07, 6.45) is 0. The second-order valence-electron chi connectivity index (χ2n) is 4.76. The Morgan fingerprint density at radius 3 is 2.04 bits per heavy atom. The van der Waals surface area contributed by atoms with Crippen LogP contribution < -0.4 is 9.47 Å². The Morgan fingerprint density at radius 2 is 1.35 bits per heavy atom. The van der Waals surface area contributed by atoms with Gasteiger partial charge < -0.3 is 9.47 Å². The fourth-order valence-corrected chi connectivity index (χ4v) is 1.97. The molecule has 114 valence electrons. The first-order valence-corrected chi connectivity index (χ1v) is 7.02. The number of hydrogen-bond donors (Lipinski definition) is 0. The van der Waals surface area contributed by atoms with E-state index in [1.807, 2.05) is 6.07 Å². The molecule has 4 heteroatoms. The van der Waals surface area contributed by atoms with Crippen LogP contribution in [0.5, 0.6) is 17.2 Å². The molecule has 3 aromatic rings. The van der Waals surface area contributed by atoms with Crippen molar-refractivity contribution in [2.45, 2.75) is 0 Å². The highest BCUT2D eigenvalue weighted by Crippen LogP contribution is 2.26. The molecule has 0 amide bonds. The maximum absolute atomic E-state index is 13.5. The summed E-state index contributed by atoms with van der Waals surface area (Å²) in [6, 6.07) is 21.3. The summed E-state index contributed by atoms with van der Waals surface area (Å²) in [4.78, 5) is 11.9. The molecule has 0 fully saturated rings. The summed E-state index contributed by atoms with van der Waals surface area (Å²) in [5.74, 6) is 0.108. The van der Waals surface area contributed by atoms with Crippen molar-refractivity contribution in [2.75, 3.05) is 0 Å². The zero-order chi connectivity index (χ0) is 16.1. The lowest BCUT2D eigenvalue weighted by atomic mass is 10.2. The van der Waals surface area contributed by atoms with Gasteiger partial charge in [-0.2, -0.15) is 0 Å². The van der Waals surface area contributed by atoms with E-state index in [9.17, 15) is 9.18 Å². The molecule has 0 bridgehead atoms. The molecule has 0 spiro atoms. The van der Waals surface area contributed by atoms with E-state index in [-0.39, 0.29) is 5.75 Å². The highest BCUT2D eigenvalue weighted by Gasteiger charge is 2.08. The quantitative estimate of drug-likeness (QED) is 0.511. The lowest BCUT2D eigenvalue weighted by molar-refractivity contribution is 0.0734. The molecule has 23 heavy (non-hydrogen) atoms. The van der Waals surface area contributed by atoms with E-state index in [0.717, 1.165) is 0 Å². The second kappa shape index (κ2) is 6.75. The Balaban J connectivity index is 1.68. The van der Waals surface area contributed by atoms with Gasteiger partial charge in [0, 0.05) is 0 Å². The number of esters is 1. The summed E-state index contributed by atoms with van der Waals surface area (Å²) >= 11 is 0. The summed E-state index contributed by atoms with van der Waals surface area (Å²) in [5, 5.41) is 0. The van der Waals surface area contributed by atoms with Gasteiger partial charge in [-0.15, -0.1) is 0 Å². The smallest absolute Gasteiger partial charge is 0.343 e. The summed E-state index contributed by atoms with van der Waals surface area (Å²) in [5.41, 5.74) is 0.471. The molecular weight excluding hydrogens is 295 g/mol. The van der Waals surface area contributed by atoms with Gasteiger partial charge in [0.05, 0.1) is 5.56 Å². The number of carbonyl (C=O) groups excluding carboxylic acids is 1. The van der Waals surface area contributed by atoms with E-state index in [0.29, 0.717) is 17.1 Å². The molecule has 0 heterocycles. The predicted molar refractivity (Wildman–Crippen MR) is 84.3 cm³/mol. The lowest BCUT2D eigenvalue weighted by Gasteiger charge is -2.08. The van der Waals surface area contributed by atoms with Crippen molar-refractivity contribution in [2.24, 2.45) is 0 Å². The first-order chi connectivity index (χ1) is 11.2. The Kier molecular flexibility index (Phi) is 4.34. The maximum atomic E-state index is 13.5. The molecule has 0 aliphatic rings. The van der Waals surface area contributed by atoms with Gasteiger partial charge in [-0.25, -0.2) is 9.18 Å². The molecule has 0 saturated carbocycles. The van der Waals surface area contributed by atoms with E-state index in [4.69, 9.17) is 9.47 Å². The van der Waals surface area contributed by atoms with Gasteiger partial charge in [0.15, 0.2) is 11.6 Å². The Hall–Kier alpha value is -3.14. The first kappa shape index (κ1) is 14.8. The van der Waals surface area contributed by atoms with Crippen LogP contribution in [0, 0.1) is 5.82 Å². The fraction of sp³-hybridized carbons (Fsp3) is 0. The van der Waals surface area contributed by atoms with Crippen molar-refractivity contribution in [3.63, 3.8) is 0 Å². The van der Waals surface area contributed by atoms with Gasteiger partial charge in [-0.05, 0) is 48.5 Å². The van der Waals surface area contributed by atoms with Crippen LogP contribution in [0.2, 0.25) is 0 Å². The van der Waals surface area contributed by atoms with E-state index in [2.05, 4.69) is 0 Å². The van der Waals surface area contributed by atoms with Gasteiger partial charge in [-0.3, -0.25) is 0 Å². The van der Waals surface area contributed by atoms with E-state index >= 15 is 0 Å². The van der Waals surface area contributed by atoms with Crippen LogP contribution in [0.25, 0.3) is 0 Å². The van der Waals surface area contributed by atoms with Crippen LogP contribution in [-0.4, -0.2) is 5.97 Å². The fourth-order valence-electron chi connectivity index (χ4n) is 1.97. The summed E-state index contributed by atoms with van der Waals surface area (Å²) in [7, 11) is 0. The highest BCUT2D eigenvalue weighted by atomic mass is 19.1. The van der Waals surface area contributed by atoms with Crippen LogP contribution in [0.4, 0.5) is 4.39 Å². The lowest BCUT2D eigenvalue weighted by Crippen LogP contribution is -2.07. The van der Waals surface area contributed by atoms with E-state index in [1.54, 1.807) is 66.7 Å². The van der Waals surface area contributed by atoms with Gasteiger partial charge >= 0.3 is 5.97 Å². The maximum Gasteiger partial charge on any atom is 0.343 e. The molecule has 0 aliphatic carbocycles. The van der Waals surface area contributed by atoms with Crippen LogP contribution in [0.3, 0.4) is 0 Å². The Labute approximate surface area is 132 Å². The minimum absolute atomic E-state index is 0.140.